The molecule has 1 aromatic heterocycles. The summed E-state index contributed by atoms with van der Waals surface area (Å²) in [5.74, 6) is 1.48. The number of aromatic nitrogens is 2. The van der Waals surface area contributed by atoms with Crippen molar-refractivity contribution in [3.63, 3.8) is 0 Å². The second kappa shape index (κ2) is 6.69. The van der Waals surface area contributed by atoms with E-state index in [2.05, 4.69) is 10.3 Å². The van der Waals surface area contributed by atoms with Crippen LogP contribution in [-0.4, -0.2) is 15.5 Å². The van der Waals surface area contributed by atoms with Crippen LogP contribution in [0.15, 0.2) is 54.9 Å². The van der Waals surface area contributed by atoms with Gasteiger partial charge in [-0.2, -0.15) is 0 Å². The molecule has 0 spiro atoms. The summed E-state index contributed by atoms with van der Waals surface area (Å²) in [5, 5.41) is 3.43. The Morgan fingerprint density at radius 1 is 1.23 bits per heavy atom. The van der Waals surface area contributed by atoms with E-state index in [1.165, 1.54) is 0 Å². The van der Waals surface area contributed by atoms with Crippen molar-refractivity contribution in [3.8, 4) is 5.75 Å². The van der Waals surface area contributed by atoms with E-state index < -0.39 is 0 Å². The normalized spacial score (nSPS) is 14.4. The number of amides is 1. The van der Waals surface area contributed by atoms with Crippen LogP contribution in [0.3, 0.4) is 0 Å². The first-order valence-electron chi connectivity index (χ1n) is 8.12. The number of nitrogens with one attached hydrogen (secondary N) is 1. The van der Waals surface area contributed by atoms with E-state index in [9.17, 15) is 4.79 Å². The average molecular weight is 366 g/mol. The average Bonchev–Trinajstić information content (AvgIpc) is 3.17. The van der Waals surface area contributed by atoms with Gasteiger partial charge in [-0.1, -0.05) is 29.8 Å². The third-order valence-corrected chi connectivity index (χ3v) is 4.48. The third kappa shape index (κ3) is 3.21. The smallest absolute Gasteiger partial charge is 0.256 e. The van der Waals surface area contributed by atoms with Crippen LogP contribution in [-0.2, 0) is 18.4 Å². The summed E-state index contributed by atoms with van der Waals surface area (Å²) in [6.07, 6.45) is 5.48. The molecule has 4 rings (SSSR count). The molecular formula is C20H16ClN3O2. The van der Waals surface area contributed by atoms with E-state index in [4.69, 9.17) is 16.3 Å². The number of imidazole rings is 1. The van der Waals surface area contributed by atoms with Crippen molar-refractivity contribution in [3.05, 3.63) is 76.8 Å². The number of benzene rings is 2. The van der Waals surface area contributed by atoms with E-state index in [0.29, 0.717) is 17.2 Å². The van der Waals surface area contributed by atoms with Crippen molar-refractivity contribution < 1.29 is 9.53 Å². The van der Waals surface area contributed by atoms with E-state index in [-0.39, 0.29) is 5.91 Å². The van der Waals surface area contributed by atoms with Crippen molar-refractivity contribution in [1.82, 2.24) is 9.55 Å². The maximum Gasteiger partial charge on any atom is 0.256 e. The van der Waals surface area contributed by atoms with Gasteiger partial charge in [0.1, 0.15) is 18.2 Å². The van der Waals surface area contributed by atoms with E-state index in [1.807, 2.05) is 54.2 Å². The molecule has 0 saturated carbocycles. The second-order valence-corrected chi connectivity index (χ2v) is 6.45. The Morgan fingerprint density at radius 2 is 2.04 bits per heavy atom. The van der Waals surface area contributed by atoms with Gasteiger partial charge >= 0.3 is 0 Å². The van der Waals surface area contributed by atoms with Crippen LogP contribution in [0.25, 0.3) is 11.6 Å². The van der Waals surface area contributed by atoms with E-state index in [0.717, 1.165) is 28.4 Å². The van der Waals surface area contributed by atoms with Crippen molar-refractivity contribution in [2.75, 3.05) is 5.32 Å². The number of halogens is 1. The van der Waals surface area contributed by atoms with Crippen molar-refractivity contribution >= 4 is 34.8 Å². The Morgan fingerprint density at radius 3 is 2.77 bits per heavy atom. The molecule has 2 heterocycles. The monoisotopic (exact) mass is 365 g/mol. The van der Waals surface area contributed by atoms with Crippen LogP contribution in [0.1, 0.15) is 17.0 Å². The summed E-state index contributed by atoms with van der Waals surface area (Å²) in [7, 11) is 1.93. The lowest BCUT2D eigenvalue weighted by Gasteiger charge is -2.06. The fourth-order valence-corrected chi connectivity index (χ4v) is 2.99. The largest absolute Gasteiger partial charge is 0.486 e. The van der Waals surface area contributed by atoms with Gasteiger partial charge < -0.3 is 14.6 Å². The molecule has 0 bridgehead atoms. The number of fused-ring (bicyclic) bond motifs is 1. The van der Waals surface area contributed by atoms with Crippen LogP contribution < -0.4 is 10.1 Å². The van der Waals surface area contributed by atoms with Crippen LogP contribution >= 0.6 is 11.6 Å². The number of aryl methyl sites for hydroxylation is 1. The van der Waals surface area contributed by atoms with Gasteiger partial charge in [0.25, 0.3) is 5.91 Å². The minimum atomic E-state index is -0.127. The molecule has 1 amide bonds. The molecule has 5 nitrogen and oxygen atoms in total. The zero-order chi connectivity index (χ0) is 18.1. The number of ether oxygens (including phenoxy) is 1. The molecule has 130 valence electrons. The Labute approximate surface area is 155 Å². The highest BCUT2D eigenvalue weighted by Crippen LogP contribution is 2.35. The molecule has 0 aliphatic carbocycles. The van der Waals surface area contributed by atoms with Crippen molar-refractivity contribution in [1.29, 1.82) is 0 Å². The minimum Gasteiger partial charge on any atom is -0.486 e. The first kappa shape index (κ1) is 16.4. The molecular weight excluding hydrogens is 350 g/mol. The summed E-state index contributed by atoms with van der Waals surface area (Å²) in [6.45, 7) is 0.403. The van der Waals surface area contributed by atoms with Gasteiger partial charge in [-0.05, 0) is 35.9 Å². The predicted octanol–water partition coefficient (Wildman–Crippen LogP) is 4.15. The fraction of sp³-hybridized carbons (Fsp3) is 0.100. The van der Waals surface area contributed by atoms with Gasteiger partial charge in [0.2, 0.25) is 0 Å². The topological polar surface area (TPSA) is 56.2 Å². The van der Waals surface area contributed by atoms with E-state index in [1.54, 1.807) is 18.3 Å². The van der Waals surface area contributed by atoms with Gasteiger partial charge in [0, 0.05) is 35.6 Å². The van der Waals surface area contributed by atoms with Gasteiger partial charge in [-0.3, -0.25) is 4.79 Å². The number of anilines is 1. The van der Waals surface area contributed by atoms with E-state index >= 15 is 0 Å². The van der Waals surface area contributed by atoms with Crippen molar-refractivity contribution in [2.45, 2.75) is 6.61 Å². The maximum atomic E-state index is 12.2. The zero-order valence-corrected chi connectivity index (χ0v) is 14.8. The van der Waals surface area contributed by atoms with Crippen LogP contribution in [0.2, 0.25) is 5.02 Å². The summed E-state index contributed by atoms with van der Waals surface area (Å²) in [4.78, 5) is 16.5. The molecule has 26 heavy (non-hydrogen) atoms. The lowest BCUT2D eigenvalue weighted by molar-refractivity contribution is -0.110. The first-order valence-corrected chi connectivity index (χ1v) is 8.50. The SMILES string of the molecule is Cn1ccnc1COc1ccc(C=C2C(=O)Nc3cc(Cl)ccc32)cc1. The fourth-order valence-electron chi connectivity index (χ4n) is 2.82. The Hall–Kier alpha value is -3.05. The maximum absolute atomic E-state index is 12.2. The summed E-state index contributed by atoms with van der Waals surface area (Å²) >= 11 is 5.98. The number of hydrogen-bond acceptors (Lipinski definition) is 3. The Bertz CT molecular complexity index is 1010. The summed E-state index contributed by atoms with van der Waals surface area (Å²) in [6, 6.07) is 13.0. The van der Waals surface area contributed by atoms with Gasteiger partial charge in [-0.25, -0.2) is 4.98 Å². The highest BCUT2D eigenvalue weighted by atomic mass is 35.5. The first-order chi connectivity index (χ1) is 12.6. The van der Waals surface area contributed by atoms with Gasteiger partial charge in [0.15, 0.2) is 0 Å². The number of rotatable bonds is 4. The highest BCUT2D eigenvalue weighted by molar-refractivity contribution is 6.36. The number of carbonyl (C=O) groups is 1. The predicted molar refractivity (Wildman–Crippen MR) is 102 cm³/mol. The molecule has 0 fully saturated rings. The molecule has 0 unspecified atom stereocenters. The molecule has 0 atom stereocenters. The molecule has 3 aromatic rings. The van der Waals surface area contributed by atoms with Gasteiger partial charge in [-0.15, -0.1) is 0 Å². The molecule has 1 N–H and O–H groups in total. The van der Waals surface area contributed by atoms with Crippen LogP contribution in [0.5, 0.6) is 5.75 Å². The summed E-state index contributed by atoms with van der Waals surface area (Å²) < 4.78 is 7.67. The molecule has 0 radical (unpaired) electrons. The van der Waals surface area contributed by atoms with Crippen molar-refractivity contribution in [2.24, 2.45) is 7.05 Å². The quantitative estimate of drug-likeness (QED) is 0.707. The Balaban J connectivity index is 1.52. The Kier molecular flexibility index (Phi) is 4.22. The molecule has 2 aromatic carbocycles. The molecule has 1 aliphatic heterocycles. The van der Waals surface area contributed by atoms with Crippen LogP contribution in [0, 0.1) is 0 Å². The lowest BCUT2D eigenvalue weighted by atomic mass is 10.0. The van der Waals surface area contributed by atoms with Gasteiger partial charge in [0.05, 0.1) is 5.69 Å². The second-order valence-electron chi connectivity index (χ2n) is 6.01. The highest BCUT2D eigenvalue weighted by Gasteiger charge is 2.23. The number of nitrogens with zero attached hydrogens (tertiary/aromatic N) is 2. The minimum absolute atomic E-state index is 0.127. The third-order valence-electron chi connectivity index (χ3n) is 4.24. The summed E-state index contributed by atoms with van der Waals surface area (Å²) in [5.41, 5.74) is 3.14. The number of hydrogen-bond donors (Lipinski definition) is 1. The molecule has 6 heteroatoms. The zero-order valence-electron chi connectivity index (χ0n) is 14.1. The number of carbonyl (C=O) groups excluding carboxylic acids is 1. The molecule has 1 aliphatic rings. The van der Waals surface area contributed by atoms with Crippen LogP contribution in [0.4, 0.5) is 5.69 Å². The lowest BCUT2D eigenvalue weighted by Crippen LogP contribution is -2.03. The molecule has 0 saturated heterocycles. The standard InChI is InChI=1S/C20H16ClN3O2/c1-24-9-8-22-19(24)12-26-15-5-2-13(3-6-15)10-17-16-7-4-14(21)11-18(16)23-20(17)25/h2-11H,12H2,1H3,(H,23,25).